The summed E-state index contributed by atoms with van der Waals surface area (Å²) >= 11 is 6.47. The van der Waals surface area contributed by atoms with Crippen LogP contribution in [0.2, 0.25) is 5.02 Å². The average molecular weight is 417 g/mol. The Balaban J connectivity index is 1.61. The van der Waals surface area contributed by atoms with Crippen LogP contribution >= 0.6 is 11.6 Å². The first-order valence-corrected chi connectivity index (χ1v) is 10.6. The van der Waals surface area contributed by atoms with E-state index in [1.807, 2.05) is 44.2 Å². The standard InChI is InChI=1S/C23H29ClN2O3/c1-3-28-21-12-17(14-25-18-6-4-5-7-18)20(24)13-22(21)29-15-23(27)26-19-10-8-16(2)9-11-19/h8-13,18,25H,3-7,14-15H2,1-2H3,(H,26,27). The van der Waals surface area contributed by atoms with Crippen molar-refractivity contribution in [3.63, 3.8) is 0 Å². The van der Waals surface area contributed by atoms with Crippen LogP contribution in [0, 0.1) is 6.92 Å². The zero-order valence-corrected chi connectivity index (χ0v) is 17.8. The molecule has 0 heterocycles. The number of amides is 1. The van der Waals surface area contributed by atoms with E-state index in [2.05, 4.69) is 10.6 Å². The average Bonchev–Trinajstić information content (AvgIpc) is 3.22. The zero-order chi connectivity index (χ0) is 20.6. The number of rotatable bonds is 9. The van der Waals surface area contributed by atoms with Crippen LogP contribution in [0.15, 0.2) is 36.4 Å². The van der Waals surface area contributed by atoms with Crippen molar-refractivity contribution in [1.29, 1.82) is 0 Å². The summed E-state index contributed by atoms with van der Waals surface area (Å²) in [6, 6.07) is 11.8. The van der Waals surface area contributed by atoms with E-state index >= 15 is 0 Å². The van der Waals surface area contributed by atoms with Gasteiger partial charge in [-0.1, -0.05) is 42.1 Å². The van der Waals surface area contributed by atoms with Crippen molar-refractivity contribution in [2.75, 3.05) is 18.5 Å². The maximum atomic E-state index is 12.2. The normalized spacial score (nSPS) is 14.0. The Kier molecular flexibility index (Phi) is 7.78. The molecular formula is C23H29ClN2O3. The molecule has 3 rings (SSSR count). The van der Waals surface area contributed by atoms with E-state index in [1.165, 1.54) is 25.7 Å². The number of benzene rings is 2. The van der Waals surface area contributed by atoms with Crippen LogP contribution in [-0.4, -0.2) is 25.2 Å². The fraction of sp³-hybridized carbons (Fsp3) is 0.435. The summed E-state index contributed by atoms with van der Waals surface area (Å²) in [6.45, 7) is 4.99. The lowest BCUT2D eigenvalue weighted by atomic mass is 10.1. The summed E-state index contributed by atoms with van der Waals surface area (Å²) in [5, 5.41) is 6.99. The van der Waals surface area contributed by atoms with Gasteiger partial charge in [-0.05, 0) is 50.5 Å². The first-order valence-electron chi connectivity index (χ1n) is 10.2. The highest BCUT2D eigenvalue weighted by Crippen LogP contribution is 2.34. The van der Waals surface area contributed by atoms with Crippen molar-refractivity contribution >= 4 is 23.2 Å². The number of carbonyl (C=O) groups excluding carboxylic acids is 1. The first-order chi connectivity index (χ1) is 14.0. The molecule has 2 N–H and O–H groups in total. The van der Waals surface area contributed by atoms with Crippen LogP contribution in [0.1, 0.15) is 43.7 Å². The monoisotopic (exact) mass is 416 g/mol. The highest BCUT2D eigenvalue weighted by molar-refractivity contribution is 6.31. The smallest absolute Gasteiger partial charge is 0.262 e. The predicted molar refractivity (Wildman–Crippen MR) is 117 cm³/mol. The van der Waals surface area contributed by atoms with Crippen molar-refractivity contribution < 1.29 is 14.3 Å². The summed E-state index contributed by atoms with van der Waals surface area (Å²) in [7, 11) is 0. The molecule has 0 saturated heterocycles. The van der Waals surface area contributed by atoms with Crippen molar-refractivity contribution in [3.05, 3.63) is 52.5 Å². The summed E-state index contributed by atoms with van der Waals surface area (Å²) in [5.41, 5.74) is 2.84. The van der Waals surface area contributed by atoms with Gasteiger partial charge in [-0.2, -0.15) is 0 Å². The molecule has 0 radical (unpaired) electrons. The lowest BCUT2D eigenvalue weighted by Gasteiger charge is -2.17. The van der Waals surface area contributed by atoms with Gasteiger partial charge in [0.2, 0.25) is 0 Å². The minimum absolute atomic E-state index is 0.121. The van der Waals surface area contributed by atoms with Crippen molar-refractivity contribution in [2.45, 2.75) is 52.1 Å². The maximum absolute atomic E-state index is 12.2. The van der Waals surface area contributed by atoms with Gasteiger partial charge in [-0.15, -0.1) is 0 Å². The highest BCUT2D eigenvalue weighted by atomic mass is 35.5. The Labute approximate surface area is 177 Å². The van der Waals surface area contributed by atoms with Crippen LogP contribution < -0.4 is 20.1 Å². The van der Waals surface area contributed by atoms with Gasteiger partial charge in [-0.3, -0.25) is 4.79 Å². The largest absolute Gasteiger partial charge is 0.490 e. The Bertz CT molecular complexity index is 818. The van der Waals surface area contributed by atoms with E-state index < -0.39 is 0 Å². The van der Waals surface area contributed by atoms with E-state index in [9.17, 15) is 4.79 Å². The molecule has 0 bridgehead atoms. The minimum Gasteiger partial charge on any atom is -0.490 e. The Morgan fingerprint density at radius 2 is 1.79 bits per heavy atom. The SMILES string of the molecule is CCOc1cc(CNC2CCCC2)c(Cl)cc1OCC(=O)Nc1ccc(C)cc1. The van der Waals surface area contributed by atoms with Gasteiger partial charge < -0.3 is 20.1 Å². The van der Waals surface area contributed by atoms with Crippen molar-refractivity contribution in [3.8, 4) is 11.5 Å². The number of aryl methyl sites for hydroxylation is 1. The van der Waals surface area contributed by atoms with Gasteiger partial charge in [0, 0.05) is 29.4 Å². The number of halogens is 1. The number of carbonyl (C=O) groups is 1. The summed E-state index contributed by atoms with van der Waals surface area (Å²) in [6.07, 6.45) is 5.00. The molecule has 0 atom stereocenters. The summed E-state index contributed by atoms with van der Waals surface area (Å²) in [5.74, 6) is 0.836. The van der Waals surface area contributed by atoms with Crippen LogP contribution in [0.25, 0.3) is 0 Å². The molecule has 1 aliphatic carbocycles. The number of hydrogen-bond acceptors (Lipinski definition) is 4. The van der Waals surface area contributed by atoms with E-state index in [4.69, 9.17) is 21.1 Å². The fourth-order valence-corrected chi connectivity index (χ4v) is 3.68. The summed E-state index contributed by atoms with van der Waals surface area (Å²) < 4.78 is 11.4. The van der Waals surface area contributed by atoms with Gasteiger partial charge in [0.05, 0.1) is 6.61 Å². The minimum atomic E-state index is -0.237. The van der Waals surface area contributed by atoms with E-state index in [-0.39, 0.29) is 12.5 Å². The quantitative estimate of drug-likeness (QED) is 0.597. The number of hydrogen-bond donors (Lipinski definition) is 2. The van der Waals surface area contributed by atoms with Crippen LogP contribution in [0.3, 0.4) is 0 Å². The third-order valence-electron chi connectivity index (χ3n) is 5.04. The molecule has 6 heteroatoms. The Morgan fingerprint density at radius 3 is 2.48 bits per heavy atom. The molecular weight excluding hydrogens is 388 g/mol. The molecule has 1 fully saturated rings. The van der Waals surface area contributed by atoms with Crippen LogP contribution in [0.4, 0.5) is 5.69 Å². The van der Waals surface area contributed by atoms with Crippen molar-refractivity contribution in [2.24, 2.45) is 0 Å². The third-order valence-corrected chi connectivity index (χ3v) is 5.39. The number of anilines is 1. The van der Waals surface area contributed by atoms with Crippen molar-refractivity contribution in [1.82, 2.24) is 5.32 Å². The van der Waals surface area contributed by atoms with Gasteiger partial charge in [0.15, 0.2) is 18.1 Å². The van der Waals surface area contributed by atoms with Gasteiger partial charge >= 0.3 is 0 Å². The molecule has 5 nitrogen and oxygen atoms in total. The number of ether oxygens (including phenoxy) is 2. The van der Waals surface area contributed by atoms with Crippen LogP contribution in [0.5, 0.6) is 11.5 Å². The molecule has 156 valence electrons. The maximum Gasteiger partial charge on any atom is 0.262 e. The first kappa shape index (κ1) is 21.5. The van der Waals surface area contributed by atoms with E-state index in [0.717, 1.165) is 16.8 Å². The van der Waals surface area contributed by atoms with E-state index in [1.54, 1.807) is 6.07 Å². The topological polar surface area (TPSA) is 59.6 Å². The molecule has 1 aliphatic rings. The second-order valence-corrected chi connectivity index (χ2v) is 7.80. The Hall–Kier alpha value is -2.24. The zero-order valence-electron chi connectivity index (χ0n) is 17.1. The lowest BCUT2D eigenvalue weighted by Crippen LogP contribution is -2.25. The molecule has 2 aromatic carbocycles. The second kappa shape index (κ2) is 10.5. The molecule has 0 aromatic heterocycles. The Morgan fingerprint density at radius 1 is 1.10 bits per heavy atom. The molecule has 1 saturated carbocycles. The fourth-order valence-electron chi connectivity index (χ4n) is 3.46. The van der Waals surface area contributed by atoms with Crippen LogP contribution in [-0.2, 0) is 11.3 Å². The molecule has 29 heavy (non-hydrogen) atoms. The summed E-state index contributed by atoms with van der Waals surface area (Å²) in [4.78, 5) is 12.2. The third kappa shape index (κ3) is 6.38. The van der Waals surface area contributed by atoms with Gasteiger partial charge in [0.25, 0.3) is 5.91 Å². The lowest BCUT2D eigenvalue weighted by molar-refractivity contribution is -0.118. The van der Waals surface area contributed by atoms with Gasteiger partial charge in [0.1, 0.15) is 0 Å². The molecule has 0 spiro atoms. The second-order valence-electron chi connectivity index (χ2n) is 7.39. The van der Waals surface area contributed by atoms with Gasteiger partial charge in [-0.25, -0.2) is 0 Å². The molecule has 2 aromatic rings. The number of nitrogens with one attached hydrogen (secondary N) is 2. The molecule has 1 amide bonds. The predicted octanol–water partition coefficient (Wildman–Crippen LogP) is 5.10. The molecule has 0 unspecified atom stereocenters. The van der Waals surface area contributed by atoms with E-state index in [0.29, 0.717) is 35.7 Å². The molecule has 0 aliphatic heterocycles. The highest BCUT2D eigenvalue weighted by Gasteiger charge is 2.17.